The van der Waals surface area contributed by atoms with E-state index in [2.05, 4.69) is 20.4 Å². The third kappa shape index (κ3) is 3.34. The van der Waals surface area contributed by atoms with Gasteiger partial charge in [0.2, 0.25) is 0 Å². The molecule has 1 saturated heterocycles. The highest BCUT2D eigenvalue weighted by Gasteiger charge is 2.47. The molecule has 1 heterocycles. The monoisotopic (exact) mass is 212 g/mol. The maximum Gasteiger partial charge on any atom is 0.303 e. The number of esters is 1. The van der Waals surface area contributed by atoms with E-state index >= 15 is 0 Å². The lowest BCUT2D eigenvalue weighted by atomic mass is 9.96. The summed E-state index contributed by atoms with van der Waals surface area (Å²) < 4.78 is 10.7. The molecule has 0 unspecified atom stereocenters. The van der Waals surface area contributed by atoms with E-state index in [-0.39, 0.29) is 17.7 Å². The molecule has 0 saturated carbocycles. The Bertz CT molecular complexity index is 270. The number of rotatable bonds is 5. The maximum atomic E-state index is 10.9. The zero-order valence-electron chi connectivity index (χ0n) is 10.0. The average molecular weight is 212 g/mol. The molecule has 0 N–H and O–H groups in total. The molecule has 1 aliphatic heterocycles. The van der Waals surface area contributed by atoms with Crippen molar-refractivity contribution < 1.29 is 14.3 Å². The van der Waals surface area contributed by atoms with Crippen LogP contribution in [0.15, 0.2) is 12.7 Å². The van der Waals surface area contributed by atoms with Crippen LogP contribution in [-0.2, 0) is 14.3 Å². The number of carbonyl (C=O) groups excluding carboxylic acids is 1. The van der Waals surface area contributed by atoms with E-state index < -0.39 is 5.60 Å². The van der Waals surface area contributed by atoms with Gasteiger partial charge in [-0.05, 0) is 39.7 Å². The van der Waals surface area contributed by atoms with Crippen LogP contribution in [0.1, 0.15) is 40.5 Å². The molecule has 0 aromatic carbocycles. The SMILES string of the molecule is C=C[C@@](C)(CC[C@H]1OC1(C)C)OC(C)=O. The molecule has 1 fully saturated rings. The van der Waals surface area contributed by atoms with Gasteiger partial charge >= 0.3 is 5.97 Å². The van der Waals surface area contributed by atoms with Crippen molar-refractivity contribution in [3.63, 3.8) is 0 Å². The van der Waals surface area contributed by atoms with Gasteiger partial charge in [0.15, 0.2) is 0 Å². The smallest absolute Gasteiger partial charge is 0.303 e. The minimum Gasteiger partial charge on any atom is -0.455 e. The molecule has 0 amide bonds. The molecule has 86 valence electrons. The molecular weight excluding hydrogens is 192 g/mol. The van der Waals surface area contributed by atoms with Gasteiger partial charge in [-0.25, -0.2) is 0 Å². The topological polar surface area (TPSA) is 38.8 Å². The van der Waals surface area contributed by atoms with Crippen LogP contribution >= 0.6 is 0 Å². The highest BCUT2D eigenvalue weighted by atomic mass is 16.6. The fourth-order valence-corrected chi connectivity index (χ4v) is 1.68. The summed E-state index contributed by atoms with van der Waals surface area (Å²) in [5.41, 5.74) is -0.563. The van der Waals surface area contributed by atoms with E-state index in [0.717, 1.165) is 12.8 Å². The van der Waals surface area contributed by atoms with Gasteiger partial charge in [0, 0.05) is 6.92 Å². The zero-order chi connectivity index (χ0) is 11.7. The molecule has 0 spiro atoms. The number of carbonyl (C=O) groups is 1. The Balaban J connectivity index is 2.40. The first-order valence-corrected chi connectivity index (χ1v) is 5.30. The molecular formula is C12H20O3. The quantitative estimate of drug-likeness (QED) is 0.399. The molecule has 15 heavy (non-hydrogen) atoms. The Kier molecular flexibility index (Phi) is 3.24. The predicted octanol–water partition coefficient (Wildman–Crippen LogP) is 2.45. The van der Waals surface area contributed by atoms with E-state index in [1.165, 1.54) is 6.92 Å². The van der Waals surface area contributed by atoms with Gasteiger partial charge in [-0.3, -0.25) is 4.79 Å². The molecule has 0 aromatic rings. The molecule has 0 aliphatic carbocycles. The van der Waals surface area contributed by atoms with Crippen LogP contribution in [0.3, 0.4) is 0 Å². The van der Waals surface area contributed by atoms with Crippen LogP contribution in [0.25, 0.3) is 0 Å². The van der Waals surface area contributed by atoms with E-state index in [9.17, 15) is 4.79 Å². The fraction of sp³-hybridized carbons (Fsp3) is 0.750. The van der Waals surface area contributed by atoms with Crippen LogP contribution in [-0.4, -0.2) is 23.3 Å². The van der Waals surface area contributed by atoms with Crippen LogP contribution < -0.4 is 0 Å². The summed E-state index contributed by atoms with van der Waals surface area (Å²) >= 11 is 0. The molecule has 3 nitrogen and oxygen atoms in total. The minimum atomic E-state index is -0.562. The van der Waals surface area contributed by atoms with Crippen LogP contribution in [0.4, 0.5) is 0 Å². The van der Waals surface area contributed by atoms with E-state index in [1.807, 2.05) is 6.92 Å². The number of hydrogen-bond donors (Lipinski definition) is 0. The van der Waals surface area contributed by atoms with Crippen LogP contribution in [0, 0.1) is 0 Å². The summed E-state index contributed by atoms with van der Waals surface area (Å²) in [6, 6.07) is 0. The normalized spacial score (nSPS) is 26.5. The van der Waals surface area contributed by atoms with Crippen molar-refractivity contribution in [1.29, 1.82) is 0 Å². The van der Waals surface area contributed by atoms with Gasteiger partial charge in [0.05, 0.1) is 11.7 Å². The van der Waals surface area contributed by atoms with E-state index in [0.29, 0.717) is 0 Å². The second kappa shape index (κ2) is 3.97. The fourth-order valence-electron chi connectivity index (χ4n) is 1.68. The summed E-state index contributed by atoms with van der Waals surface area (Å²) in [6.07, 6.45) is 3.61. The molecule has 2 atom stereocenters. The number of ether oxygens (including phenoxy) is 2. The first-order valence-electron chi connectivity index (χ1n) is 5.30. The summed E-state index contributed by atoms with van der Waals surface area (Å²) in [6.45, 7) is 11.1. The van der Waals surface area contributed by atoms with E-state index in [4.69, 9.17) is 9.47 Å². The first kappa shape index (κ1) is 12.2. The van der Waals surface area contributed by atoms with Gasteiger partial charge in [0.25, 0.3) is 0 Å². The van der Waals surface area contributed by atoms with Gasteiger partial charge in [-0.15, -0.1) is 0 Å². The Morgan fingerprint density at radius 1 is 1.67 bits per heavy atom. The molecule has 0 aromatic heterocycles. The van der Waals surface area contributed by atoms with Gasteiger partial charge in [-0.1, -0.05) is 6.58 Å². The lowest BCUT2D eigenvalue weighted by Crippen LogP contribution is -2.29. The van der Waals surface area contributed by atoms with Crippen molar-refractivity contribution in [1.82, 2.24) is 0 Å². The molecule has 0 radical (unpaired) electrons. The number of hydrogen-bond acceptors (Lipinski definition) is 3. The largest absolute Gasteiger partial charge is 0.455 e. The van der Waals surface area contributed by atoms with Crippen LogP contribution in [0.2, 0.25) is 0 Å². The molecule has 1 aliphatic rings. The van der Waals surface area contributed by atoms with E-state index in [1.54, 1.807) is 6.08 Å². The summed E-state index contributed by atoms with van der Waals surface area (Å²) in [4.78, 5) is 10.9. The van der Waals surface area contributed by atoms with Gasteiger partial charge in [-0.2, -0.15) is 0 Å². The van der Waals surface area contributed by atoms with Crippen molar-refractivity contribution in [2.45, 2.75) is 57.8 Å². The summed E-state index contributed by atoms with van der Waals surface area (Å²) in [5.74, 6) is -0.270. The Labute approximate surface area is 91.4 Å². The standard InChI is InChI=1S/C12H20O3/c1-6-12(5,14-9(2)13)8-7-10-11(3,4)15-10/h6,10H,1,7-8H2,2-5H3/t10-,12+/m1/s1. The Morgan fingerprint density at radius 2 is 2.20 bits per heavy atom. The molecule has 1 rings (SSSR count). The Hall–Kier alpha value is -0.830. The average Bonchev–Trinajstić information content (AvgIpc) is 2.70. The van der Waals surface area contributed by atoms with Crippen molar-refractivity contribution in [3.8, 4) is 0 Å². The minimum absolute atomic E-state index is 0.00168. The summed E-state index contributed by atoms with van der Waals surface area (Å²) in [7, 11) is 0. The van der Waals surface area contributed by atoms with Crippen molar-refractivity contribution in [2.75, 3.05) is 0 Å². The molecule has 3 heteroatoms. The lowest BCUT2D eigenvalue weighted by Gasteiger charge is -2.25. The third-order valence-electron chi connectivity index (χ3n) is 2.88. The van der Waals surface area contributed by atoms with Crippen molar-refractivity contribution in [3.05, 3.63) is 12.7 Å². The second-order valence-corrected chi connectivity index (χ2v) is 4.86. The lowest BCUT2D eigenvalue weighted by molar-refractivity contribution is -0.151. The third-order valence-corrected chi connectivity index (χ3v) is 2.88. The summed E-state index contributed by atoms with van der Waals surface area (Å²) in [5, 5.41) is 0. The highest BCUT2D eigenvalue weighted by molar-refractivity contribution is 5.66. The van der Waals surface area contributed by atoms with Crippen molar-refractivity contribution in [2.24, 2.45) is 0 Å². The first-order chi connectivity index (χ1) is 6.79. The number of epoxide rings is 1. The van der Waals surface area contributed by atoms with Crippen molar-refractivity contribution >= 4 is 5.97 Å². The second-order valence-electron chi connectivity index (χ2n) is 4.86. The van der Waals surface area contributed by atoms with Gasteiger partial charge < -0.3 is 9.47 Å². The van der Waals surface area contributed by atoms with Crippen LogP contribution in [0.5, 0.6) is 0 Å². The zero-order valence-corrected chi connectivity index (χ0v) is 10.0. The predicted molar refractivity (Wildman–Crippen MR) is 58.6 cm³/mol. The highest BCUT2D eigenvalue weighted by Crippen LogP contribution is 2.39. The molecule has 0 bridgehead atoms. The Morgan fingerprint density at radius 3 is 2.53 bits per heavy atom. The van der Waals surface area contributed by atoms with Gasteiger partial charge in [0.1, 0.15) is 5.60 Å². The maximum absolute atomic E-state index is 10.9.